The van der Waals surface area contributed by atoms with E-state index in [2.05, 4.69) is 10.6 Å². The minimum atomic E-state index is -0.939. The molecule has 0 saturated carbocycles. The fourth-order valence-electron chi connectivity index (χ4n) is 2.22. The molecule has 114 valence electrons. The van der Waals surface area contributed by atoms with E-state index < -0.39 is 5.97 Å². The van der Waals surface area contributed by atoms with Gasteiger partial charge >= 0.3 is 12.0 Å². The first-order chi connectivity index (χ1) is 9.98. The van der Waals surface area contributed by atoms with Crippen LogP contribution in [0.25, 0.3) is 0 Å². The molecule has 3 N–H and O–H groups in total. The van der Waals surface area contributed by atoms with E-state index in [4.69, 9.17) is 9.84 Å². The van der Waals surface area contributed by atoms with Crippen LogP contribution in [0.3, 0.4) is 0 Å². The quantitative estimate of drug-likeness (QED) is 0.765. The molecule has 1 saturated heterocycles. The number of hydrogen-bond acceptors (Lipinski definition) is 3. The molecule has 1 aromatic rings. The van der Waals surface area contributed by atoms with E-state index in [0.29, 0.717) is 26.2 Å². The van der Waals surface area contributed by atoms with E-state index in [1.807, 2.05) is 6.92 Å². The smallest absolute Gasteiger partial charge is 0.335 e. The second-order valence-electron chi connectivity index (χ2n) is 5.50. The molecule has 1 unspecified atom stereocenters. The number of benzene rings is 1. The molecular formula is C15H20N2O4. The van der Waals surface area contributed by atoms with Crippen molar-refractivity contribution in [2.24, 2.45) is 0 Å². The molecule has 21 heavy (non-hydrogen) atoms. The highest BCUT2D eigenvalue weighted by Gasteiger charge is 2.30. The molecule has 2 amide bonds. The van der Waals surface area contributed by atoms with Crippen LogP contribution < -0.4 is 10.6 Å². The minimum Gasteiger partial charge on any atom is -0.478 e. The molecular weight excluding hydrogens is 272 g/mol. The average molecular weight is 292 g/mol. The van der Waals surface area contributed by atoms with Gasteiger partial charge in [-0.15, -0.1) is 0 Å². The number of amides is 2. The van der Waals surface area contributed by atoms with Gasteiger partial charge in [0.1, 0.15) is 0 Å². The van der Waals surface area contributed by atoms with Crippen molar-refractivity contribution in [3.05, 3.63) is 35.4 Å². The molecule has 6 nitrogen and oxygen atoms in total. The van der Waals surface area contributed by atoms with Crippen molar-refractivity contribution in [3.63, 3.8) is 0 Å². The Kier molecular flexibility index (Phi) is 4.80. The third-order valence-electron chi connectivity index (χ3n) is 3.53. The number of carbonyl (C=O) groups excluding carboxylic acids is 1. The van der Waals surface area contributed by atoms with Crippen molar-refractivity contribution in [3.8, 4) is 0 Å². The van der Waals surface area contributed by atoms with Crippen LogP contribution >= 0.6 is 0 Å². The number of urea groups is 1. The Hall–Kier alpha value is -2.08. The van der Waals surface area contributed by atoms with Gasteiger partial charge in [0.2, 0.25) is 0 Å². The molecule has 1 aliphatic rings. The highest BCUT2D eigenvalue weighted by Crippen LogP contribution is 2.16. The Morgan fingerprint density at radius 3 is 2.62 bits per heavy atom. The third-order valence-corrected chi connectivity index (χ3v) is 3.53. The number of carboxylic acid groups (broad SMARTS) is 1. The van der Waals surface area contributed by atoms with Gasteiger partial charge in [0.15, 0.2) is 0 Å². The first-order valence-corrected chi connectivity index (χ1v) is 6.94. The highest BCUT2D eigenvalue weighted by atomic mass is 16.5. The van der Waals surface area contributed by atoms with E-state index in [-0.39, 0.29) is 17.1 Å². The van der Waals surface area contributed by atoms with Gasteiger partial charge in [0.05, 0.1) is 17.7 Å². The van der Waals surface area contributed by atoms with Crippen molar-refractivity contribution in [1.29, 1.82) is 0 Å². The molecule has 1 aromatic carbocycles. The largest absolute Gasteiger partial charge is 0.478 e. The summed E-state index contributed by atoms with van der Waals surface area (Å²) < 4.78 is 5.27. The fourth-order valence-corrected chi connectivity index (χ4v) is 2.22. The van der Waals surface area contributed by atoms with E-state index in [9.17, 15) is 9.59 Å². The fraction of sp³-hybridized carbons (Fsp3) is 0.467. The summed E-state index contributed by atoms with van der Waals surface area (Å²) in [7, 11) is 0. The zero-order chi connectivity index (χ0) is 15.3. The summed E-state index contributed by atoms with van der Waals surface area (Å²) in [5.74, 6) is -0.939. The van der Waals surface area contributed by atoms with Gasteiger partial charge in [-0.05, 0) is 37.5 Å². The molecule has 0 spiro atoms. The molecule has 6 heteroatoms. The molecule has 1 aliphatic heterocycles. The van der Waals surface area contributed by atoms with E-state index in [1.165, 1.54) is 0 Å². The Morgan fingerprint density at radius 1 is 1.33 bits per heavy atom. The lowest BCUT2D eigenvalue weighted by Gasteiger charge is -2.23. The molecule has 1 fully saturated rings. The van der Waals surface area contributed by atoms with Crippen LogP contribution in [0.4, 0.5) is 4.79 Å². The zero-order valence-corrected chi connectivity index (χ0v) is 12.0. The third kappa shape index (κ3) is 4.46. The van der Waals surface area contributed by atoms with Crippen LogP contribution in [0.15, 0.2) is 24.3 Å². The number of carboxylic acids is 1. The van der Waals surface area contributed by atoms with Gasteiger partial charge in [-0.1, -0.05) is 12.1 Å². The number of rotatable bonds is 5. The second kappa shape index (κ2) is 6.58. The maximum atomic E-state index is 11.8. The Balaban J connectivity index is 1.73. The maximum absolute atomic E-state index is 11.8. The van der Waals surface area contributed by atoms with Gasteiger partial charge in [-0.3, -0.25) is 0 Å². The lowest BCUT2D eigenvalue weighted by molar-refractivity contribution is 0.0697. The molecule has 0 radical (unpaired) electrons. The van der Waals surface area contributed by atoms with Crippen LogP contribution in [0.5, 0.6) is 0 Å². The van der Waals surface area contributed by atoms with E-state index in [0.717, 1.165) is 12.0 Å². The van der Waals surface area contributed by atoms with Crippen molar-refractivity contribution in [2.45, 2.75) is 25.3 Å². The zero-order valence-electron chi connectivity index (χ0n) is 12.0. The van der Waals surface area contributed by atoms with Gasteiger partial charge in [0, 0.05) is 13.2 Å². The molecule has 2 rings (SSSR count). The number of ether oxygens (including phenoxy) is 1. The Labute approximate surface area is 123 Å². The summed E-state index contributed by atoms with van der Waals surface area (Å²) in [6, 6.07) is 6.44. The van der Waals surface area contributed by atoms with Crippen LogP contribution in [-0.4, -0.2) is 42.4 Å². The van der Waals surface area contributed by atoms with E-state index in [1.54, 1.807) is 24.3 Å². The second-order valence-corrected chi connectivity index (χ2v) is 5.50. The molecule has 0 bridgehead atoms. The van der Waals surface area contributed by atoms with Gasteiger partial charge in [0.25, 0.3) is 0 Å². The number of hydrogen-bond donors (Lipinski definition) is 3. The van der Waals surface area contributed by atoms with E-state index >= 15 is 0 Å². The van der Waals surface area contributed by atoms with Crippen LogP contribution in [0, 0.1) is 0 Å². The first-order valence-electron chi connectivity index (χ1n) is 6.94. The van der Waals surface area contributed by atoms with Crippen molar-refractivity contribution in [2.75, 3.05) is 19.8 Å². The summed E-state index contributed by atoms with van der Waals surface area (Å²) in [6.07, 6.45) is 1.47. The lowest BCUT2D eigenvalue weighted by Crippen LogP contribution is -2.51. The maximum Gasteiger partial charge on any atom is 0.335 e. The van der Waals surface area contributed by atoms with Gasteiger partial charge in [-0.2, -0.15) is 0 Å². The average Bonchev–Trinajstić information content (AvgIpc) is 2.85. The normalized spacial score (nSPS) is 21.0. The standard InChI is InChI=1S/C15H20N2O4/c1-15(7-9-21-10-15)17-14(20)16-8-6-11-2-4-12(5-3-11)13(18)19/h2-5H,6-10H2,1H3,(H,18,19)(H2,16,17,20). The van der Waals surface area contributed by atoms with Gasteiger partial charge in [-0.25, -0.2) is 9.59 Å². The van der Waals surface area contributed by atoms with Crippen LogP contribution in [0.1, 0.15) is 29.3 Å². The van der Waals surface area contributed by atoms with Crippen LogP contribution in [0.2, 0.25) is 0 Å². The topological polar surface area (TPSA) is 87.7 Å². The summed E-state index contributed by atoms with van der Waals surface area (Å²) >= 11 is 0. The summed E-state index contributed by atoms with van der Waals surface area (Å²) in [6.45, 7) is 3.67. The van der Waals surface area contributed by atoms with Crippen molar-refractivity contribution >= 4 is 12.0 Å². The van der Waals surface area contributed by atoms with Crippen LogP contribution in [-0.2, 0) is 11.2 Å². The molecule has 1 heterocycles. The minimum absolute atomic E-state index is 0.204. The Morgan fingerprint density at radius 2 is 2.05 bits per heavy atom. The summed E-state index contributed by atoms with van der Waals surface area (Å²) in [5, 5.41) is 14.5. The molecule has 1 atom stereocenters. The highest BCUT2D eigenvalue weighted by molar-refractivity contribution is 5.87. The first kappa shape index (κ1) is 15.3. The van der Waals surface area contributed by atoms with Gasteiger partial charge < -0.3 is 20.5 Å². The summed E-state index contributed by atoms with van der Waals surface area (Å²) in [4.78, 5) is 22.5. The predicted octanol–water partition coefficient (Wildman–Crippen LogP) is 1.41. The SMILES string of the molecule is CC1(NC(=O)NCCc2ccc(C(=O)O)cc2)CCOC1. The predicted molar refractivity (Wildman–Crippen MR) is 77.5 cm³/mol. The number of aromatic carboxylic acids is 1. The number of nitrogens with one attached hydrogen (secondary N) is 2. The van der Waals surface area contributed by atoms with Crippen molar-refractivity contribution < 1.29 is 19.4 Å². The number of carbonyl (C=O) groups is 2. The Bertz CT molecular complexity index is 507. The monoisotopic (exact) mass is 292 g/mol. The summed E-state index contributed by atoms with van der Waals surface area (Å²) in [5.41, 5.74) is 0.960. The van der Waals surface area contributed by atoms with Crippen molar-refractivity contribution in [1.82, 2.24) is 10.6 Å². The molecule has 0 aromatic heterocycles. The lowest BCUT2D eigenvalue weighted by atomic mass is 10.0. The molecule has 0 aliphatic carbocycles.